The van der Waals surface area contributed by atoms with Crippen LogP contribution in [0.1, 0.15) is 11.1 Å². The van der Waals surface area contributed by atoms with Crippen molar-refractivity contribution in [2.45, 2.75) is 0 Å². The van der Waals surface area contributed by atoms with Gasteiger partial charge in [0.25, 0.3) is 11.4 Å². The monoisotopic (exact) mass is 339 g/mol. The third kappa shape index (κ3) is 3.09. The number of nitriles is 1. The number of hydrogen-bond acceptors (Lipinski definition) is 7. The highest BCUT2D eigenvalue weighted by Gasteiger charge is 2.23. The van der Waals surface area contributed by atoms with Gasteiger partial charge in [-0.15, -0.1) is 0 Å². The molecule has 0 fully saturated rings. The molecule has 0 N–H and O–H groups in total. The van der Waals surface area contributed by atoms with Crippen LogP contribution in [0.2, 0.25) is 0 Å². The van der Waals surface area contributed by atoms with Crippen LogP contribution in [0.5, 0.6) is 11.5 Å². The van der Waals surface area contributed by atoms with E-state index in [0.29, 0.717) is 11.3 Å². The molecule has 0 saturated heterocycles. The molecule has 0 atom stereocenters. The van der Waals surface area contributed by atoms with Crippen molar-refractivity contribution >= 4 is 23.0 Å². The molecule has 0 radical (unpaired) electrons. The number of nitro groups is 2. The lowest BCUT2D eigenvalue weighted by Crippen LogP contribution is -1.93. The molecule has 1 heterocycles. The zero-order chi connectivity index (χ0) is 18.0. The number of non-ortho nitro benzene ring substituents is 1. The normalized spacial score (nSPS) is 12.5. The highest BCUT2D eigenvalue weighted by Crippen LogP contribution is 2.39. The Morgan fingerprint density at radius 3 is 2.28 bits per heavy atom. The minimum Gasteiger partial charge on any atom is -0.454 e. The van der Waals surface area contributed by atoms with Crippen LogP contribution in [0.25, 0.3) is 11.6 Å². The fourth-order valence-corrected chi connectivity index (χ4v) is 2.32. The van der Waals surface area contributed by atoms with Gasteiger partial charge in [-0.2, -0.15) is 5.26 Å². The molecule has 1 aliphatic rings. The molecule has 25 heavy (non-hydrogen) atoms. The lowest BCUT2D eigenvalue weighted by atomic mass is 10.0. The standard InChI is InChI=1S/C16H9N3O6/c17-8-12(10-1-3-13(4-2-10)18(20)21)5-11-6-15-16(25-9-24-15)7-14(11)19(22)23/h1-7H,9H2/b12-5-. The Morgan fingerprint density at radius 1 is 1.08 bits per heavy atom. The maximum absolute atomic E-state index is 11.3. The molecule has 124 valence electrons. The summed E-state index contributed by atoms with van der Waals surface area (Å²) >= 11 is 0. The van der Waals surface area contributed by atoms with Crippen molar-refractivity contribution in [3.63, 3.8) is 0 Å². The maximum Gasteiger partial charge on any atom is 0.280 e. The Hall–Kier alpha value is -3.93. The third-order valence-corrected chi connectivity index (χ3v) is 3.53. The van der Waals surface area contributed by atoms with E-state index in [0.717, 1.165) is 0 Å². The predicted molar refractivity (Wildman–Crippen MR) is 85.8 cm³/mol. The van der Waals surface area contributed by atoms with Crippen LogP contribution in [0.15, 0.2) is 36.4 Å². The Balaban J connectivity index is 2.07. The zero-order valence-electron chi connectivity index (χ0n) is 12.5. The van der Waals surface area contributed by atoms with E-state index in [9.17, 15) is 25.5 Å². The smallest absolute Gasteiger partial charge is 0.280 e. The van der Waals surface area contributed by atoms with E-state index in [1.807, 2.05) is 6.07 Å². The van der Waals surface area contributed by atoms with Gasteiger partial charge in [-0.05, 0) is 29.8 Å². The average molecular weight is 339 g/mol. The van der Waals surface area contributed by atoms with Gasteiger partial charge in [-0.1, -0.05) is 0 Å². The summed E-state index contributed by atoms with van der Waals surface area (Å²) in [5, 5.41) is 31.3. The molecule has 9 nitrogen and oxygen atoms in total. The fraction of sp³-hybridized carbons (Fsp3) is 0.0625. The van der Waals surface area contributed by atoms with Crippen molar-refractivity contribution in [3.8, 4) is 17.6 Å². The minimum atomic E-state index is -0.585. The summed E-state index contributed by atoms with van der Waals surface area (Å²) in [7, 11) is 0. The lowest BCUT2D eigenvalue weighted by molar-refractivity contribution is -0.385. The number of ether oxygens (including phenoxy) is 2. The van der Waals surface area contributed by atoms with Crippen molar-refractivity contribution in [1.29, 1.82) is 5.26 Å². The van der Waals surface area contributed by atoms with Crippen LogP contribution in [-0.4, -0.2) is 16.6 Å². The van der Waals surface area contributed by atoms with Crippen molar-refractivity contribution < 1.29 is 19.3 Å². The van der Waals surface area contributed by atoms with Crippen LogP contribution < -0.4 is 9.47 Å². The Labute approximate surface area is 140 Å². The molecule has 2 aromatic carbocycles. The van der Waals surface area contributed by atoms with Gasteiger partial charge in [-0.25, -0.2) is 0 Å². The molecule has 0 unspecified atom stereocenters. The van der Waals surface area contributed by atoms with Crippen LogP contribution in [0.4, 0.5) is 11.4 Å². The SMILES string of the molecule is N#C/C(=C/c1cc2c(cc1[N+](=O)[O-])OCO2)c1ccc([N+](=O)[O-])cc1. The topological polar surface area (TPSA) is 129 Å². The van der Waals surface area contributed by atoms with Gasteiger partial charge in [0.1, 0.15) is 0 Å². The largest absolute Gasteiger partial charge is 0.454 e. The highest BCUT2D eigenvalue weighted by molar-refractivity contribution is 5.91. The first-order valence-electron chi connectivity index (χ1n) is 6.94. The first-order chi connectivity index (χ1) is 12.0. The van der Waals surface area contributed by atoms with Crippen molar-refractivity contribution in [1.82, 2.24) is 0 Å². The van der Waals surface area contributed by atoms with E-state index in [1.54, 1.807) is 0 Å². The summed E-state index contributed by atoms with van der Waals surface area (Å²) in [6.45, 7) is -0.0346. The Morgan fingerprint density at radius 2 is 1.72 bits per heavy atom. The van der Waals surface area contributed by atoms with Gasteiger partial charge < -0.3 is 9.47 Å². The predicted octanol–water partition coefficient (Wildman–Crippen LogP) is 3.30. The molecule has 0 saturated carbocycles. The summed E-state index contributed by atoms with van der Waals surface area (Å²) in [6.07, 6.45) is 1.33. The molecule has 0 aliphatic carbocycles. The van der Waals surface area contributed by atoms with Crippen LogP contribution in [0, 0.1) is 31.6 Å². The summed E-state index contributed by atoms with van der Waals surface area (Å²) in [6, 6.07) is 9.94. The zero-order valence-corrected chi connectivity index (χ0v) is 12.5. The average Bonchev–Trinajstić information content (AvgIpc) is 3.06. The van der Waals surface area contributed by atoms with Crippen LogP contribution in [0.3, 0.4) is 0 Å². The van der Waals surface area contributed by atoms with E-state index in [-0.39, 0.29) is 35.1 Å². The van der Waals surface area contributed by atoms with Crippen molar-refractivity contribution in [2.24, 2.45) is 0 Å². The number of fused-ring (bicyclic) bond motifs is 1. The van der Waals surface area contributed by atoms with Gasteiger partial charge in [0.2, 0.25) is 6.79 Å². The summed E-state index contributed by atoms with van der Waals surface area (Å²) < 4.78 is 10.3. The summed E-state index contributed by atoms with van der Waals surface area (Å²) in [5.74, 6) is 0.607. The van der Waals surface area contributed by atoms with E-state index in [4.69, 9.17) is 9.47 Å². The van der Waals surface area contributed by atoms with Gasteiger partial charge >= 0.3 is 0 Å². The number of rotatable bonds is 4. The molecular formula is C16H9N3O6. The molecule has 0 amide bonds. The van der Waals surface area contributed by atoms with Crippen molar-refractivity contribution in [3.05, 3.63) is 67.8 Å². The quantitative estimate of drug-likeness (QED) is 0.361. The second kappa shape index (κ2) is 6.29. The highest BCUT2D eigenvalue weighted by atomic mass is 16.7. The van der Waals surface area contributed by atoms with E-state index in [1.165, 1.54) is 42.5 Å². The second-order valence-electron chi connectivity index (χ2n) is 5.00. The van der Waals surface area contributed by atoms with Gasteiger partial charge in [0.15, 0.2) is 11.5 Å². The van der Waals surface area contributed by atoms with E-state index >= 15 is 0 Å². The summed E-state index contributed by atoms with van der Waals surface area (Å²) in [4.78, 5) is 20.8. The van der Waals surface area contributed by atoms with Gasteiger partial charge in [-0.3, -0.25) is 20.2 Å². The lowest BCUT2D eigenvalue weighted by Gasteiger charge is -2.03. The van der Waals surface area contributed by atoms with E-state index < -0.39 is 9.85 Å². The van der Waals surface area contributed by atoms with Crippen LogP contribution >= 0.6 is 0 Å². The second-order valence-corrected chi connectivity index (χ2v) is 5.00. The first-order valence-corrected chi connectivity index (χ1v) is 6.94. The molecule has 0 aromatic heterocycles. The molecule has 3 rings (SSSR count). The molecule has 0 bridgehead atoms. The molecule has 1 aliphatic heterocycles. The Bertz CT molecular complexity index is 944. The number of hydrogen-bond donors (Lipinski definition) is 0. The number of benzene rings is 2. The molecular weight excluding hydrogens is 330 g/mol. The third-order valence-electron chi connectivity index (χ3n) is 3.53. The van der Waals surface area contributed by atoms with Gasteiger partial charge in [0, 0.05) is 12.1 Å². The minimum absolute atomic E-state index is 0.0346. The fourth-order valence-electron chi connectivity index (χ4n) is 2.32. The molecule has 2 aromatic rings. The van der Waals surface area contributed by atoms with Crippen LogP contribution in [-0.2, 0) is 0 Å². The number of nitrogens with zero attached hydrogens (tertiary/aromatic N) is 3. The van der Waals surface area contributed by atoms with Gasteiger partial charge in [0.05, 0.1) is 33.1 Å². The van der Waals surface area contributed by atoms with E-state index in [2.05, 4.69) is 0 Å². The summed E-state index contributed by atoms with van der Waals surface area (Å²) in [5.41, 5.74) is 0.343. The maximum atomic E-state index is 11.3. The molecule has 0 spiro atoms. The van der Waals surface area contributed by atoms with Crippen molar-refractivity contribution in [2.75, 3.05) is 6.79 Å². The number of allylic oxidation sites excluding steroid dienone is 1. The first kappa shape index (κ1) is 15.9. The number of nitro benzene ring substituents is 2. The molecule has 9 heteroatoms. The Kier molecular flexibility index (Phi) is 4.01.